The number of hydrogen-bond acceptors (Lipinski definition) is 8. The summed E-state index contributed by atoms with van der Waals surface area (Å²) in [7, 11) is 1.46. The van der Waals surface area contributed by atoms with Crippen LogP contribution in [0, 0.1) is 29.2 Å². The predicted octanol–water partition coefficient (Wildman–Crippen LogP) is 2.25. The Balaban J connectivity index is 2.09. The predicted molar refractivity (Wildman–Crippen MR) is 135 cm³/mol. The highest BCUT2D eigenvalue weighted by molar-refractivity contribution is 5.88. The van der Waals surface area contributed by atoms with Crippen LogP contribution in [0.1, 0.15) is 11.1 Å². The lowest BCUT2D eigenvalue weighted by atomic mass is 9.96. The number of allylic oxidation sites excluding steroid dienone is 5. The van der Waals surface area contributed by atoms with Gasteiger partial charge in [0.2, 0.25) is 0 Å². The Morgan fingerprint density at radius 2 is 1.79 bits per heavy atom. The first-order valence-corrected chi connectivity index (χ1v) is 10.7. The van der Waals surface area contributed by atoms with Gasteiger partial charge in [0, 0.05) is 16.8 Å². The van der Waals surface area contributed by atoms with Crippen LogP contribution in [0.15, 0.2) is 81.5 Å². The number of aliphatic hydroxyl groups excluding tert-OH is 1. The Kier molecular flexibility index (Phi) is 8.61. The number of aromatic nitrogens is 2. The molecule has 0 fully saturated rings. The summed E-state index contributed by atoms with van der Waals surface area (Å²) >= 11 is 0. The van der Waals surface area contributed by atoms with E-state index in [1.54, 1.807) is 18.2 Å². The van der Waals surface area contributed by atoms with Gasteiger partial charge in [-0.1, -0.05) is 18.2 Å². The first-order chi connectivity index (χ1) is 18.4. The van der Waals surface area contributed by atoms with Crippen LogP contribution in [0.25, 0.3) is 22.2 Å². The fraction of sp³-hybridized carbons (Fsp3) is 0.0741. The van der Waals surface area contributed by atoms with E-state index in [1.807, 2.05) is 6.07 Å². The largest absolute Gasteiger partial charge is 0.859 e. The molecule has 0 saturated carbocycles. The fourth-order valence-electron chi connectivity index (χ4n) is 3.41. The van der Waals surface area contributed by atoms with E-state index in [-0.39, 0.29) is 28.1 Å². The summed E-state index contributed by atoms with van der Waals surface area (Å²) < 4.78 is 10.8. The zero-order valence-electron chi connectivity index (χ0n) is 19.8. The van der Waals surface area contributed by atoms with Crippen molar-refractivity contribution in [2.24, 2.45) is 0 Å². The lowest BCUT2D eigenvalue weighted by molar-refractivity contribution is -0.278. The zero-order chi connectivity index (χ0) is 27.7. The summed E-state index contributed by atoms with van der Waals surface area (Å²) in [4.78, 5) is 30.0. The maximum atomic E-state index is 13.0. The van der Waals surface area contributed by atoms with Crippen molar-refractivity contribution in [2.75, 3.05) is 13.9 Å². The Bertz CT molecular complexity index is 1660. The maximum absolute atomic E-state index is 13.0. The summed E-state index contributed by atoms with van der Waals surface area (Å²) in [5.74, 6) is -0.0572. The summed E-state index contributed by atoms with van der Waals surface area (Å²) in [5.41, 5.74) is -2.13. The lowest BCUT2D eigenvalue weighted by Crippen LogP contribution is -2.33. The van der Waals surface area contributed by atoms with Crippen LogP contribution in [0.3, 0.4) is 0 Å². The molecule has 0 amide bonds. The van der Waals surface area contributed by atoms with Gasteiger partial charge in [0.15, 0.2) is 6.79 Å². The van der Waals surface area contributed by atoms with Crippen LogP contribution in [-0.4, -0.2) is 28.6 Å². The first-order valence-electron chi connectivity index (χ1n) is 10.7. The second kappa shape index (κ2) is 12.2. The molecule has 0 saturated heterocycles. The van der Waals surface area contributed by atoms with Crippen LogP contribution in [0.2, 0.25) is 0 Å². The molecule has 0 unspecified atom stereocenters. The molecule has 0 aliphatic heterocycles. The average molecular weight is 508 g/mol. The Morgan fingerprint density at radius 3 is 2.34 bits per heavy atom. The molecule has 2 aromatic carbocycles. The van der Waals surface area contributed by atoms with Gasteiger partial charge in [0.05, 0.1) is 31.4 Å². The molecule has 2 N–H and O–H groups in total. The number of ether oxygens (including phenoxy) is 2. The van der Waals surface area contributed by atoms with Gasteiger partial charge in [-0.3, -0.25) is 14.3 Å². The molecule has 3 rings (SSSR count). The molecular formula is C27H18N5O6-. The summed E-state index contributed by atoms with van der Waals surface area (Å²) in [5, 5.41) is 41.1. The quantitative estimate of drug-likeness (QED) is 0.202. The second-order valence-corrected chi connectivity index (χ2v) is 7.31. The number of H-pyrrole nitrogens is 1. The molecule has 0 bridgehead atoms. The molecule has 1 heterocycles. The number of nitrogens with zero attached hydrogens (tertiary/aromatic N) is 4. The molecule has 38 heavy (non-hydrogen) atoms. The second-order valence-electron chi connectivity index (χ2n) is 7.31. The van der Waals surface area contributed by atoms with Crippen molar-refractivity contribution in [3.05, 3.63) is 115 Å². The van der Waals surface area contributed by atoms with Crippen molar-refractivity contribution < 1.29 is 19.7 Å². The number of aliphatic hydroxyl groups is 1. The number of hydrogen-bond donors (Lipinski definition) is 2. The van der Waals surface area contributed by atoms with Gasteiger partial charge >= 0.3 is 5.69 Å². The van der Waals surface area contributed by atoms with Crippen molar-refractivity contribution >= 4 is 11.6 Å². The number of nitriles is 2. The highest BCUT2D eigenvalue weighted by Crippen LogP contribution is 2.29. The smallest absolute Gasteiger partial charge is 0.332 e. The maximum Gasteiger partial charge on any atom is 0.332 e. The molecule has 0 spiro atoms. The van der Waals surface area contributed by atoms with Crippen LogP contribution < -0.4 is 25.8 Å². The Labute approximate surface area is 216 Å². The minimum atomic E-state index is -0.929. The molecule has 11 heteroatoms. The standard InChI is InChI=1S/C27H19N5O6/c1-30-23(15-29)24(17-6-10-21(11-7-17)38-16-33)18(14-28)4-3-5-22-25(34)31-27(36)32(26(22)35)19-8-12-20(37-2)13-9-19/h3-13,33,35H,16H2,2H3,(H,31,34,36)/p-1/b5-3+,18-4+,24-23+. The molecule has 3 aromatic rings. The zero-order valence-corrected chi connectivity index (χ0v) is 19.8. The van der Waals surface area contributed by atoms with E-state index in [0.717, 1.165) is 10.6 Å². The molecule has 11 nitrogen and oxygen atoms in total. The van der Waals surface area contributed by atoms with Gasteiger partial charge in [-0.25, -0.2) is 14.9 Å². The number of aromatic amines is 1. The molecule has 1 aromatic heterocycles. The van der Waals surface area contributed by atoms with Crippen LogP contribution >= 0.6 is 0 Å². The lowest BCUT2D eigenvalue weighted by Gasteiger charge is -2.18. The van der Waals surface area contributed by atoms with Gasteiger partial charge in [-0.2, -0.15) is 5.26 Å². The minimum Gasteiger partial charge on any atom is -0.859 e. The van der Waals surface area contributed by atoms with Crippen LogP contribution in [-0.2, 0) is 0 Å². The molecule has 188 valence electrons. The van der Waals surface area contributed by atoms with Crippen molar-refractivity contribution in [1.82, 2.24) is 9.55 Å². The molecule has 0 aliphatic carbocycles. The third-order valence-electron chi connectivity index (χ3n) is 5.18. The number of methoxy groups -OCH3 is 1. The van der Waals surface area contributed by atoms with E-state index < -0.39 is 23.9 Å². The van der Waals surface area contributed by atoms with E-state index in [2.05, 4.69) is 9.83 Å². The van der Waals surface area contributed by atoms with Crippen LogP contribution in [0.4, 0.5) is 0 Å². The van der Waals surface area contributed by atoms with Gasteiger partial charge in [-0.15, -0.1) is 0 Å². The van der Waals surface area contributed by atoms with Gasteiger partial charge < -0.3 is 19.7 Å². The monoisotopic (exact) mass is 508 g/mol. The van der Waals surface area contributed by atoms with Gasteiger partial charge in [0.25, 0.3) is 11.3 Å². The SMILES string of the molecule is [C-]#[N+]/C(C#N)=C(/C(C#N)=C/C=C/c1c([O-])n(-c2ccc(OC)cc2)c(=O)[nH]c1=O)c1ccc(OCO)cc1. The van der Waals surface area contributed by atoms with E-state index in [0.29, 0.717) is 17.1 Å². The molecule has 0 atom stereocenters. The van der Waals surface area contributed by atoms with E-state index >= 15 is 0 Å². The highest BCUT2D eigenvalue weighted by atomic mass is 16.6. The van der Waals surface area contributed by atoms with Crippen LogP contribution in [0.5, 0.6) is 17.4 Å². The van der Waals surface area contributed by atoms with Crippen molar-refractivity contribution in [1.29, 1.82) is 10.5 Å². The first kappa shape index (κ1) is 26.8. The Morgan fingerprint density at radius 1 is 1.13 bits per heavy atom. The third kappa shape index (κ3) is 5.69. The van der Waals surface area contributed by atoms with E-state index in [4.69, 9.17) is 21.2 Å². The van der Waals surface area contributed by atoms with Crippen molar-refractivity contribution in [3.63, 3.8) is 0 Å². The van der Waals surface area contributed by atoms with E-state index in [1.165, 1.54) is 55.7 Å². The fourth-order valence-corrected chi connectivity index (χ4v) is 3.41. The number of rotatable bonds is 8. The van der Waals surface area contributed by atoms with E-state index in [9.17, 15) is 25.2 Å². The third-order valence-corrected chi connectivity index (χ3v) is 5.18. The average Bonchev–Trinajstić information content (AvgIpc) is 2.93. The molecule has 0 radical (unpaired) electrons. The summed E-state index contributed by atoms with van der Waals surface area (Å²) in [6.07, 6.45) is 3.59. The molecular weight excluding hydrogens is 490 g/mol. The summed E-state index contributed by atoms with van der Waals surface area (Å²) in [6, 6.07) is 15.7. The minimum absolute atomic E-state index is 0.0182. The molecule has 0 aliphatic rings. The number of benzene rings is 2. The van der Waals surface area contributed by atoms with Gasteiger partial charge in [-0.05, 0) is 60.0 Å². The highest BCUT2D eigenvalue weighted by Gasteiger charge is 2.15. The normalized spacial score (nSPS) is 11.7. The Hall–Kier alpha value is -5.83. The van der Waals surface area contributed by atoms with Crippen molar-refractivity contribution in [3.8, 4) is 35.2 Å². The topological polar surface area (TPSA) is 169 Å². The summed E-state index contributed by atoms with van der Waals surface area (Å²) in [6.45, 7) is 6.79. The van der Waals surface area contributed by atoms with Crippen molar-refractivity contribution in [2.45, 2.75) is 0 Å². The number of nitrogens with one attached hydrogen (secondary N) is 1. The van der Waals surface area contributed by atoms with Gasteiger partial charge in [0.1, 0.15) is 11.5 Å².